The molecule has 0 N–H and O–H groups in total. The van der Waals surface area contributed by atoms with Gasteiger partial charge in [-0.1, -0.05) is 19.6 Å². The lowest BCUT2D eigenvalue weighted by Crippen LogP contribution is -2.09. The molecule has 1 aliphatic rings. The minimum absolute atomic E-state index is 0.185. The highest BCUT2D eigenvalue weighted by Gasteiger charge is 2.13. The van der Waals surface area contributed by atoms with Crippen molar-refractivity contribution in [2.45, 2.75) is 46.0 Å². The first kappa shape index (κ1) is 18.9. The van der Waals surface area contributed by atoms with E-state index in [4.69, 9.17) is 4.74 Å². The van der Waals surface area contributed by atoms with Crippen LogP contribution in [0.25, 0.3) is 0 Å². The molecule has 0 amide bonds. The number of hydrogen-bond acceptors (Lipinski definition) is 4. The predicted molar refractivity (Wildman–Crippen MR) is 90.5 cm³/mol. The Kier molecular flexibility index (Phi) is 8.09. The number of aryl methyl sites for hydroxylation is 2. The van der Waals surface area contributed by atoms with Gasteiger partial charge in [-0.15, -0.1) is 0 Å². The molecule has 126 valence electrons. The lowest BCUT2D eigenvalue weighted by Gasteiger charge is -2.16. The summed E-state index contributed by atoms with van der Waals surface area (Å²) in [7, 11) is 1.33. The highest BCUT2D eigenvalue weighted by molar-refractivity contribution is 5.89. The molecule has 0 fully saturated rings. The highest BCUT2D eigenvalue weighted by Crippen LogP contribution is 2.22. The second-order valence-electron chi connectivity index (χ2n) is 5.60. The Morgan fingerprint density at radius 3 is 2.35 bits per heavy atom. The van der Waals surface area contributed by atoms with Gasteiger partial charge < -0.3 is 9.47 Å². The summed E-state index contributed by atoms with van der Waals surface area (Å²) in [5.41, 5.74) is 3.87. The van der Waals surface area contributed by atoms with Crippen LogP contribution in [0.1, 0.15) is 54.6 Å². The van der Waals surface area contributed by atoms with Crippen molar-refractivity contribution in [2.24, 2.45) is 0 Å². The zero-order chi connectivity index (χ0) is 17.2. The maximum absolute atomic E-state index is 11.7. The number of esters is 2. The van der Waals surface area contributed by atoms with E-state index < -0.39 is 0 Å². The molecular formula is C19H26O4. The maximum atomic E-state index is 11.7. The van der Waals surface area contributed by atoms with E-state index in [0.29, 0.717) is 17.7 Å². The van der Waals surface area contributed by atoms with Crippen molar-refractivity contribution >= 4 is 11.9 Å². The molecule has 0 saturated heterocycles. The van der Waals surface area contributed by atoms with Gasteiger partial charge in [-0.2, -0.15) is 0 Å². The molecule has 4 heteroatoms. The second kappa shape index (κ2) is 9.82. The minimum Gasteiger partial charge on any atom is -0.466 e. The maximum Gasteiger partial charge on any atom is 0.338 e. The van der Waals surface area contributed by atoms with Gasteiger partial charge in [0.2, 0.25) is 0 Å². The molecule has 0 radical (unpaired) electrons. The molecule has 0 spiro atoms. The molecular weight excluding hydrogens is 292 g/mol. The number of fused-ring (bicyclic) bond motifs is 1. The highest BCUT2D eigenvalue weighted by atomic mass is 16.5. The van der Waals surface area contributed by atoms with E-state index in [1.54, 1.807) is 6.92 Å². The van der Waals surface area contributed by atoms with Crippen LogP contribution in [0.5, 0.6) is 0 Å². The SMILES string of the molecule is C=C(C)C(=O)OC.CCCOC(=O)c1ccc2c(c1)CCCC2. The summed E-state index contributed by atoms with van der Waals surface area (Å²) in [5.74, 6) is -0.532. The van der Waals surface area contributed by atoms with E-state index in [-0.39, 0.29) is 11.9 Å². The van der Waals surface area contributed by atoms with E-state index in [9.17, 15) is 9.59 Å². The number of rotatable bonds is 4. The molecule has 1 aromatic rings. The average molecular weight is 318 g/mol. The van der Waals surface area contributed by atoms with E-state index in [1.165, 1.54) is 31.1 Å². The van der Waals surface area contributed by atoms with E-state index >= 15 is 0 Å². The molecule has 1 aromatic carbocycles. The zero-order valence-electron chi connectivity index (χ0n) is 14.3. The molecule has 0 saturated carbocycles. The van der Waals surface area contributed by atoms with Crippen molar-refractivity contribution < 1.29 is 19.1 Å². The normalized spacial score (nSPS) is 12.3. The van der Waals surface area contributed by atoms with E-state index in [0.717, 1.165) is 19.3 Å². The van der Waals surface area contributed by atoms with Crippen molar-refractivity contribution in [3.8, 4) is 0 Å². The Balaban J connectivity index is 0.000000322. The molecule has 0 aromatic heterocycles. The first-order valence-corrected chi connectivity index (χ1v) is 8.02. The van der Waals surface area contributed by atoms with E-state index in [2.05, 4.69) is 17.4 Å². The van der Waals surface area contributed by atoms with Crippen LogP contribution in [0.2, 0.25) is 0 Å². The Hall–Kier alpha value is -2.10. The summed E-state index contributed by atoms with van der Waals surface area (Å²) < 4.78 is 9.40. The molecule has 4 nitrogen and oxygen atoms in total. The Morgan fingerprint density at radius 2 is 1.83 bits per heavy atom. The Labute approximate surface area is 138 Å². The minimum atomic E-state index is -0.347. The summed E-state index contributed by atoms with van der Waals surface area (Å²) in [5, 5.41) is 0. The van der Waals surface area contributed by atoms with Crippen LogP contribution in [-0.4, -0.2) is 25.7 Å². The van der Waals surface area contributed by atoms with Gasteiger partial charge in [-0.3, -0.25) is 0 Å². The summed E-state index contributed by atoms with van der Waals surface area (Å²) in [6, 6.07) is 5.98. The summed E-state index contributed by atoms with van der Waals surface area (Å²) in [6.45, 7) is 7.46. The third-order valence-corrected chi connectivity index (χ3v) is 3.56. The molecule has 1 aliphatic carbocycles. The summed E-state index contributed by atoms with van der Waals surface area (Å²) in [4.78, 5) is 21.9. The van der Waals surface area contributed by atoms with Gasteiger partial charge >= 0.3 is 11.9 Å². The average Bonchev–Trinajstić information content (AvgIpc) is 2.58. The van der Waals surface area contributed by atoms with Crippen molar-refractivity contribution in [1.29, 1.82) is 0 Å². The summed E-state index contributed by atoms with van der Waals surface area (Å²) >= 11 is 0. The lowest BCUT2D eigenvalue weighted by molar-refractivity contribution is -0.136. The van der Waals surface area contributed by atoms with Crippen molar-refractivity contribution in [1.82, 2.24) is 0 Å². The second-order valence-corrected chi connectivity index (χ2v) is 5.60. The van der Waals surface area contributed by atoms with Crippen LogP contribution in [0, 0.1) is 0 Å². The van der Waals surface area contributed by atoms with E-state index in [1.807, 2.05) is 19.1 Å². The molecule has 0 unspecified atom stereocenters. The van der Waals surface area contributed by atoms with Crippen LogP contribution in [-0.2, 0) is 27.1 Å². The van der Waals surface area contributed by atoms with Crippen LogP contribution in [0.15, 0.2) is 30.4 Å². The lowest BCUT2D eigenvalue weighted by atomic mass is 9.90. The Bertz CT molecular complexity index is 560. The number of carbonyl (C=O) groups is 2. The fourth-order valence-corrected chi connectivity index (χ4v) is 2.31. The third-order valence-electron chi connectivity index (χ3n) is 3.56. The van der Waals surface area contributed by atoms with Crippen LogP contribution in [0.4, 0.5) is 0 Å². The van der Waals surface area contributed by atoms with Gasteiger partial charge in [0.15, 0.2) is 0 Å². The Morgan fingerprint density at radius 1 is 1.17 bits per heavy atom. The molecule has 0 bridgehead atoms. The molecule has 0 heterocycles. The predicted octanol–water partition coefficient (Wildman–Crippen LogP) is 3.87. The molecule has 2 rings (SSSR count). The third kappa shape index (κ3) is 6.27. The van der Waals surface area contributed by atoms with Gasteiger partial charge in [0.1, 0.15) is 0 Å². The fraction of sp³-hybridized carbons (Fsp3) is 0.474. The smallest absolute Gasteiger partial charge is 0.338 e. The number of ether oxygens (including phenoxy) is 2. The first-order valence-electron chi connectivity index (χ1n) is 8.02. The monoisotopic (exact) mass is 318 g/mol. The van der Waals surface area contributed by atoms with Crippen molar-refractivity contribution in [3.63, 3.8) is 0 Å². The number of benzene rings is 1. The molecule has 23 heavy (non-hydrogen) atoms. The topological polar surface area (TPSA) is 52.6 Å². The van der Waals surface area contributed by atoms with Crippen molar-refractivity contribution in [3.05, 3.63) is 47.0 Å². The number of methoxy groups -OCH3 is 1. The van der Waals surface area contributed by atoms with Gasteiger partial charge in [-0.25, -0.2) is 9.59 Å². The van der Waals surface area contributed by atoms with Gasteiger partial charge in [-0.05, 0) is 62.3 Å². The van der Waals surface area contributed by atoms with Crippen molar-refractivity contribution in [2.75, 3.05) is 13.7 Å². The standard InChI is InChI=1S/C14H18O2.C5H8O2/c1-2-9-16-14(15)13-8-7-11-5-3-4-6-12(11)10-13;1-4(2)5(6)7-3/h7-8,10H,2-6,9H2,1H3;1H2,2-3H3. The van der Waals surface area contributed by atoms with Gasteiger partial charge in [0.05, 0.1) is 19.3 Å². The van der Waals surface area contributed by atoms with Gasteiger partial charge in [0.25, 0.3) is 0 Å². The zero-order valence-corrected chi connectivity index (χ0v) is 14.3. The largest absolute Gasteiger partial charge is 0.466 e. The number of hydrogen-bond donors (Lipinski definition) is 0. The molecule has 0 atom stereocenters. The van der Waals surface area contributed by atoms with Crippen LogP contribution < -0.4 is 0 Å². The number of carbonyl (C=O) groups excluding carboxylic acids is 2. The van der Waals surface area contributed by atoms with Gasteiger partial charge in [0, 0.05) is 5.57 Å². The molecule has 0 aliphatic heterocycles. The quantitative estimate of drug-likeness (QED) is 0.625. The van der Waals surface area contributed by atoms with Crippen LogP contribution in [0.3, 0.4) is 0 Å². The summed E-state index contributed by atoms with van der Waals surface area (Å²) in [6.07, 6.45) is 5.63. The van der Waals surface area contributed by atoms with Crippen LogP contribution >= 0.6 is 0 Å². The fourth-order valence-electron chi connectivity index (χ4n) is 2.31. The first-order chi connectivity index (χ1) is 11.0.